The number of halogens is 1. The lowest BCUT2D eigenvalue weighted by molar-refractivity contribution is 0.102. The summed E-state index contributed by atoms with van der Waals surface area (Å²) in [7, 11) is 0. The highest BCUT2D eigenvalue weighted by Crippen LogP contribution is 2.25. The molecule has 22 heavy (non-hydrogen) atoms. The Kier molecular flexibility index (Phi) is 4.70. The van der Waals surface area contributed by atoms with Crippen molar-refractivity contribution in [3.8, 4) is 11.5 Å². The van der Waals surface area contributed by atoms with Crippen molar-refractivity contribution < 1.29 is 9.21 Å². The van der Waals surface area contributed by atoms with Gasteiger partial charge in [-0.05, 0) is 18.2 Å². The lowest BCUT2D eigenvalue weighted by Crippen LogP contribution is -2.01. The van der Waals surface area contributed by atoms with Crippen LogP contribution in [0.4, 0.5) is 0 Å². The largest absolute Gasteiger partial charge is 0.411 e. The van der Waals surface area contributed by atoms with E-state index in [1.807, 2.05) is 42.5 Å². The Morgan fingerprint density at radius 1 is 1.09 bits per heavy atom. The van der Waals surface area contributed by atoms with Crippen LogP contribution in [0.5, 0.6) is 0 Å². The van der Waals surface area contributed by atoms with E-state index in [-0.39, 0.29) is 11.5 Å². The van der Waals surface area contributed by atoms with Crippen molar-refractivity contribution in [2.75, 3.05) is 5.75 Å². The number of hydrogen-bond acceptors (Lipinski definition) is 5. The molecule has 0 amide bonds. The van der Waals surface area contributed by atoms with Gasteiger partial charge in [0.15, 0.2) is 5.78 Å². The maximum atomic E-state index is 12.0. The number of hydrogen-bond donors (Lipinski definition) is 0. The zero-order valence-corrected chi connectivity index (χ0v) is 13.8. The monoisotopic (exact) mass is 374 g/mol. The molecule has 0 unspecified atom stereocenters. The number of ketones is 1. The third-order valence-corrected chi connectivity index (χ3v) is 4.21. The van der Waals surface area contributed by atoms with E-state index in [9.17, 15) is 4.79 Å². The third-order valence-electron chi connectivity index (χ3n) is 2.90. The predicted molar refractivity (Wildman–Crippen MR) is 88.9 cm³/mol. The molecule has 0 aliphatic carbocycles. The molecule has 4 nitrogen and oxygen atoms in total. The molecule has 0 bridgehead atoms. The quantitative estimate of drug-likeness (QED) is 0.486. The first-order valence-corrected chi connectivity index (χ1v) is 8.31. The van der Waals surface area contributed by atoms with Gasteiger partial charge in [0.1, 0.15) is 0 Å². The number of carbonyl (C=O) groups is 1. The van der Waals surface area contributed by atoms with Gasteiger partial charge < -0.3 is 4.42 Å². The van der Waals surface area contributed by atoms with Crippen LogP contribution in [0.1, 0.15) is 10.4 Å². The van der Waals surface area contributed by atoms with Gasteiger partial charge in [0.2, 0.25) is 5.89 Å². The summed E-state index contributed by atoms with van der Waals surface area (Å²) < 4.78 is 6.52. The van der Waals surface area contributed by atoms with Gasteiger partial charge >= 0.3 is 0 Å². The second-order valence-electron chi connectivity index (χ2n) is 4.46. The predicted octanol–water partition coefficient (Wildman–Crippen LogP) is 4.47. The van der Waals surface area contributed by atoms with Crippen LogP contribution in [0.25, 0.3) is 11.5 Å². The van der Waals surface area contributed by atoms with Crippen LogP contribution in [-0.2, 0) is 0 Å². The molecule has 0 saturated carbocycles. The van der Waals surface area contributed by atoms with Crippen LogP contribution in [0, 0.1) is 0 Å². The molecule has 3 rings (SSSR count). The second-order valence-corrected chi connectivity index (χ2v) is 6.30. The Hall–Kier alpha value is -1.92. The van der Waals surface area contributed by atoms with Crippen molar-refractivity contribution in [3.63, 3.8) is 0 Å². The van der Waals surface area contributed by atoms with Crippen molar-refractivity contribution in [2.45, 2.75) is 5.22 Å². The Morgan fingerprint density at radius 3 is 2.68 bits per heavy atom. The SMILES string of the molecule is O=C(CSc1nnc(-c2cccc(Br)c2)o1)c1ccccc1. The van der Waals surface area contributed by atoms with Gasteiger partial charge in [0, 0.05) is 15.6 Å². The molecule has 0 fully saturated rings. The molecule has 0 spiro atoms. The third kappa shape index (κ3) is 3.64. The minimum absolute atomic E-state index is 0.0350. The van der Waals surface area contributed by atoms with Gasteiger partial charge in [-0.2, -0.15) is 0 Å². The summed E-state index contributed by atoms with van der Waals surface area (Å²) in [5.41, 5.74) is 1.52. The van der Waals surface area contributed by atoms with Crippen LogP contribution < -0.4 is 0 Å². The lowest BCUT2D eigenvalue weighted by Gasteiger charge is -1.98. The van der Waals surface area contributed by atoms with Crippen molar-refractivity contribution in [1.82, 2.24) is 10.2 Å². The van der Waals surface area contributed by atoms with Gasteiger partial charge in [-0.15, -0.1) is 10.2 Å². The lowest BCUT2D eigenvalue weighted by atomic mass is 10.2. The van der Waals surface area contributed by atoms with Crippen LogP contribution in [0.3, 0.4) is 0 Å². The number of benzene rings is 2. The molecule has 0 saturated heterocycles. The zero-order valence-electron chi connectivity index (χ0n) is 11.4. The summed E-state index contributed by atoms with van der Waals surface area (Å²) >= 11 is 4.64. The Balaban J connectivity index is 1.66. The summed E-state index contributed by atoms with van der Waals surface area (Å²) in [6.07, 6.45) is 0. The number of aromatic nitrogens is 2. The molecule has 0 atom stereocenters. The van der Waals surface area contributed by atoms with Crippen molar-refractivity contribution in [3.05, 3.63) is 64.6 Å². The standard InChI is InChI=1S/C16H11BrN2O2S/c17-13-8-4-7-12(9-13)15-18-19-16(21-15)22-10-14(20)11-5-2-1-3-6-11/h1-9H,10H2. The smallest absolute Gasteiger partial charge is 0.277 e. The Bertz CT molecular complexity index is 790. The first-order valence-electron chi connectivity index (χ1n) is 6.53. The minimum atomic E-state index is 0.0350. The van der Waals surface area contributed by atoms with Crippen LogP contribution >= 0.6 is 27.7 Å². The highest BCUT2D eigenvalue weighted by molar-refractivity contribution is 9.10. The Morgan fingerprint density at radius 2 is 1.91 bits per heavy atom. The molecule has 0 aliphatic rings. The van der Waals surface area contributed by atoms with E-state index in [1.165, 1.54) is 11.8 Å². The molecule has 110 valence electrons. The summed E-state index contributed by atoms with van der Waals surface area (Å²) in [5, 5.41) is 8.36. The van der Waals surface area contributed by atoms with Crippen molar-refractivity contribution in [2.24, 2.45) is 0 Å². The normalized spacial score (nSPS) is 10.6. The van der Waals surface area contributed by atoms with Gasteiger partial charge in [-0.25, -0.2) is 0 Å². The first kappa shape index (κ1) is 15.0. The molecular formula is C16H11BrN2O2S. The highest BCUT2D eigenvalue weighted by Gasteiger charge is 2.12. The van der Waals surface area contributed by atoms with E-state index in [1.54, 1.807) is 12.1 Å². The number of nitrogens with zero attached hydrogens (tertiary/aromatic N) is 2. The van der Waals surface area contributed by atoms with E-state index in [0.29, 0.717) is 16.7 Å². The summed E-state index contributed by atoms with van der Waals surface area (Å²) in [5.74, 6) is 0.744. The van der Waals surface area contributed by atoms with Gasteiger partial charge in [0.25, 0.3) is 5.22 Å². The highest BCUT2D eigenvalue weighted by atomic mass is 79.9. The average molecular weight is 375 g/mol. The van der Waals surface area contributed by atoms with Crippen molar-refractivity contribution >= 4 is 33.5 Å². The minimum Gasteiger partial charge on any atom is -0.411 e. The van der Waals surface area contributed by atoms with Crippen molar-refractivity contribution in [1.29, 1.82) is 0 Å². The molecule has 1 heterocycles. The average Bonchev–Trinajstić information content (AvgIpc) is 3.02. The van der Waals surface area contributed by atoms with E-state index in [2.05, 4.69) is 26.1 Å². The fraction of sp³-hybridized carbons (Fsp3) is 0.0625. The molecule has 0 N–H and O–H groups in total. The maximum absolute atomic E-state index is 12.0. The van der Waals surface area contributed by atoms with Crippen LogP contribution in [0.15, 0.2) is 68.7 Å². The fourth-order valence-electron chi connectivity index (χ4n) is 1.84. The van der Waals surface area contributed by atoms with Gasteiger partial charge in [-0.3, -0.25) is 4.79 Å². The molecule has 3 aromatic rings. The van der Waals surface area contributed by atoms with E-state index >= 15 is 0 Å². The topological polar surface area (TPSA) is 56.0 Å². The summed E-state index contributed by atoms with van der Waals surface area (Å²) in [6.45, 7) is 0. The Labute approximate surface area is 140 Å². The van der Waals surface area contributed by atoms with E-state index in [0.717, 1.165) is 10.0 Å². The second kappa shape index (κ2) is 6.89. The summed E-state index contributed by atoms with van der Waals surface area (Å²) in [4.78, 5) is 12.0. The van der Waals surface area contributed by atoms with Crippen LogP contribution in [0.2, 0.25) is 0 Å². The molecule has 6 heteroatoms. The van der Waals surface area contributed by atoms with Crippen LogP contribution in [-0.4, -0.2) is 21.7 Å². The zero-order chi connectivity index (χ0) is 15.4. The maximum Gasteiger partial charge on any atom is 0.277 e. The number of rotatable bonds is 5. The molecule has 2 aromatic carbocycles. The number of thioether (sulfide) groups is 1. The van der Waals surface area contributed by atoms with Gasteiger partial charge in [0.05, 0.1) is 5.75 Å². The number of carbonyl (C=O) groups excluding carboxylic acids is 1. The van der Waals surface area contributed by atoms with Gasteiger partial charge in [-0.1, -0.05) is 64.1 Å². The first-order chi connectivity index (χ1) is 10.7. The molecule has 1 aromatic heterocycles. The molecular weight excluding hydrogens is 364 g/mol. The summed E-state index contributed by atoms with van der Waals surface area (Å²) in [6, 6.07) is 16.8. The van der Waals surface area contributed by atoms with E-state index in [4.69, 9.17) is 4.42 Å². The van der Waals surface area contributed by atoms with E-state index < -0.39 is 0 Å². The fourth-order valence-corrected chi connectivity index (χ4v) is 2.90. The molecule has 0 radical (unpaired) electrons. The number of Topliss-reactive ketones (excluding diaryl/α,β-unsaturated/α-hetero) is 1. The molecule has 0 aliphatic heterocycles.